The van der Waals surface area contributed by atoms with Crippen molar-refractivity contribution < 1.29 is 4.79 Å². The first-order valence-corrected chi connectivity index (χ1v) is 10.7. The molecule has 0 aromatic carbocycles. The molecule has 1 saturated heterocycles. The van der Waals surface area contributed by atoms with Gasteiger partial charge in [0.15, 0.2) is 0 Å². The molecule has 0 radical (unpaired) electrons. The molecular formula is C18H33N3OS. The minimum Gasteiger partial charge on any atom is -0.336 e. The van der Waals surface area contributed by atoms with Crippen LogP contribution in [0.4, 0.5) is 4.79 Å². The first-order chi connectivity index (χ1) is 11.2. The van der Waals surface area contributed by atoms with Crippen LogP contribution in [0.3, 0.4) is 0 Å². The van der Waals surface area contributed by atoms with Crippen LogP contribution in [-0.2, 0) is 0 Å². The Balaban J connectivity index is 1.47. The second-order valence-electron chi connectivity index (χ2n) is 7.81. The number of hydrogen-bond donors (Lipinski definition) is 2. The molecule has 0 unspecified atom stereocenters. The van der Waals surface area contributed by atoms with E-state index in [0.717, 1.165) is 25.3 Å². The molecule has 0 aromatic rings. The molecule has 3 rings (SSSR count). The third-order valence-electron chi connectivity index (χ3n) is 6.15. The zero-order valence-electron chi connectivity index (χ0n) is 14.6. The number of nitrogens with zero attached hydrogens (tertiary/aromatic N) is 1. The number of rotatable bonds is 4. The maximum Gasteiger partial charge on any atom is 0.315 e. The van der Waals surface area contributed by atoms with Crippen molar-refractivity contribution in [2.45, 2.75) is 69.9 Å². The molecule has 2 amide bonds. The number of amides is 2. The number of carbonyl (C=O) groups excluding carboxylic acids is 1. The van der Waals surface area contributed by atoms with E-state index in [1.807, 2.05) is 0 Å². The lowest BCUT2D eigenvalue weighted by Crippen LogP contribution is -2.58. The van der Waals surface area contributed by atoms with Crippen LogP contribution in [0.25, 0.3) is 0 Å². The zero-order chi connectivity index (χ0) is 16.1. The molecule has 2 N–H and O–H groups in total. The lowest BCUT2D eigenvalue weighted by atomic mass is 9.87. The molecule has 23 heavy (non-hydrogen) atoms. The van der Waals surface area contributed by atoms with E-state index in [2.05, 4.69) is 34.2 Å². The van der Waals surface area contributed by atoms with Crippen LogP contribution in [0.15, 0.2) is 0 Å². The molecule has 4 nitrogen and oxygen atoms in total. The van der Waals surface area contributed by atoms with Gasteiger partial charge in [0, 0.05) is 42.7 Å². The first kappa shape index (κ1) is 17.4. The highest BCUT2D eigenvalue weighted by Crippen LogP contribution is 2.36. The summed E-state index contributed by atoms with van der Waals surface area (Å²) in [7, 11) is 0. The molecular weight excluding hydrogens is 306 g/mol. The van der Waals surface area contributed by atoms with Gasteiger partial charge < -0.3 is 10.6 Å². The molecule has 1 aliphatic heterocycles. The van der Waals surface area contributed by atoms with Gasteiger partial charge in [-0.05, 0) is 44.4 Å². The van der Waals surface area contributed by atoms with Crippen LogP contribution < -0.4 is 10.6 Å². The van der Waals surface area contributed by atoms with E-state index in [1.54, 1.807) is 0 Å². The van der Waals surface area contributed by atoms with Gasteiger partial charge in [-0.25, -0.2) is 4.79 Å². The highest BCUT2D eigenvalue weighted by Gasteiger charge is 2.40. The molecule has 2 aliphatic carbocycles. The Morgan fingerprint density at radius 2 is 1.78 bits per heavy atom. The van der Waals surface area contributed by atoms with Crippen molar-refractivity contribution in [3.8, 4) is 0 Å². The lowest BCUT2D eigenvalue weighted by molar-refractivity contribution is 0.104. The Labute approximate surface area is 145 Å². The Kier molecular flexibility index (Phi) is 6.13. The van der Waals surface area contributed by atoms with Crippen LogP contribution in [-0.4, -0.2) is 53.7 Å². The van der Waals surface area contributed by atoms with Crippen molar-refractivity contribution in [2.24, 2.45) is 5.92 Å². The van der Waals surface area contributed by atoms with E-state index < -0.39 is 0 Å². The van der Waals surface area contributed by atoms with E-state index in [1.165, 1.54) is 63.1 Å². The van der Waals surface area contributed by atoms with E-state index >= 15 is 0 Å². The molecule has 5 heteroatoms. The van der Waals surface area contributed by atoms with Crippen molar-refractivity contribution in [3.63, 3.8) is 0 Å². The fourth-order valence-corrected chi connectivity index (χ4v) is 5.46. The Hall–Kier alpha value is -0.420. The van der Waals surface area contributed by atoms with Gasteiger partial charge in [-0.2, -0.15) is 11.8 Å². The summed E-state index contributed by atoms with van der Waals surface area (Å²) < 4.78 is 0. The molecule has 0 spiro atoms. The predicted molar refractivity (Wildman–Crippen MR) is 98.1 cm³/mol. The highest BCUT2D eigenvalue weighted by molar-refractivity contribution is 7.99. The monoisotopic (exact) mass is 339 g/mol. The average Bonchev–Trinajstić information content (AvgIpc) is 3.06. The van der Waals surface area contributed by atoms with E-state index in [4.69, 9.17) is 0 Å². The van der Waals surface area contributed by atoms with E-state index in [-0.39, 0.29) is 11.6 Å². The number of urea groups is 1. The number of nitrogens with one attached hydrogen (secondary N) is 2. The molecule has 132 valence electrons. The van der Waals surface area contributed by atoms with Crippen LogP contribution in [0.2, 0.25) is 0 Å². The van der Waals surface area contributed by atoms with Crippen LogP contribution in [0.1, 0.15) is 58.3 Å². The smallest absolute Gasteiger partial charge is 0.315 e. The van der Waals surface area contributed by atoms with Crippen LogP contribution in [0.5, 0.6) is 0 Å². The maximum absolute atomic E-state index is 12.3. The molecule has 0 bridgehead atoms. The molecule has 0 atom stereocenters. The summed E-state index contributed by atoms with van der Waals surface area (Å²) in [6.45, 7) is 5.52. The third kappa shape index (κ3) is 4.56. The van der Waals surface area contributed by atoms with Crippen LogP contribution >= 0.6 is 11.8 Å². The minimum atomic E-state index is 0.0576. The standard InChI is InChI=1S/C18H33N3OS/c1-15-4-6-16(7-5-15)20-17(22)19-14-18(8-2-3-9-18)21-10-12-23-13-11-21/h15-16H,2-14H2,1H3,(H2,19,20,22). The molecule has 2 saturated carbocycles. The highest BCUT2D eigenvalue weighted by atomic mass is 32.2. The minimum absolute atomic E-state index is 0.0576. The van der Waals surface area contributed by atoms with Gasteiger partial charge in [0.05, 0.1) is 0 Å². The van der Waals surface area contributed by atoms with Gasteiger partial charge in [-0.1, -0.05) is 19.8 Å². The quantitative estimate of drug-likeness (QED) is 0.826. The second kappa shape index (κ2) is 8.11. The summed E-state index contributed by atoms with van der Waals surface area (Å²) in [6, 6.07) is 0.444. The van der Waals surface area contributed by atoms with Crippen molar-refractivity contribution in [1.82, 2.24) is 15.5 Å². The Bertz CT molecular complexity index is 384. The van der Waals surface area contributed by atoms with Gasteiger partial charge >= 0.3 is 6.03 Å². The van der Waals surface area contributed by atoms with Gasteiger partial charge in [-0.15, -0.1) is 0 Å². The summed E-state index contributed by atoms with van der Waals surface area (Å²) in [5.74, 6) is 3.32. The zero-order valence-corrected chi connectivity index (χ0v) is 15.4. The lowest BCUT2D eigenvalue weighted by Gasteiger charge is -2.43. The topological polar surface area (TPSA) is 44.4 Å². The third-order valence-corrected chi connectivity index (χ3v) is 7.09. The van der Waals surface area contributed by atoms with E-state index in [0.29, 0.717) is 6.04 Å². The second-order valence-corrected chi connectivity index (χ2v) is 9.04. The summed E-state index contributed by atoms with van der Waals surface area (Å²) in [6.07, 6.45) is 9.91. The summed E-state index contributed by atoms with van der Waals surface area (Å²) in [5, 5.41) is 6.43. The first-order valence-electron chi connectivity index (χ1n) is 9.55. The van der Waals surface area contributed by atoms with Gasteiger partial charge in [-0.3, -0.25) is 4.90 Å². The van der Waals surface area contributed by atoms with Crippen molar-refractivity contribution >= 4 is 17.8 Å². The number of carbonyl (C=O) groups is 1. The molecule has 3 fully saturated rings. The maximum atomic E-state index is 12.3. The van der Waals surface area contributed by atoms with Gasteiger partial charge in [0.2, 0.25) is 0 Å². The normalized spacial score (nSPS) is 31.7. The van der Waals surface area contributed by atoms with Gasteiger partial charge in [0.1, 0.15) is 0 Å². The van der Waals surface area contributed by atoms with Gasteiger partial charge in [0.25, 0.3) is 0 Å². The predicted octanol–water partition coefficient (Wildman–Crippen LogP) is 3.23. The van der Waals surface area contributed by atoms with Crippen molar-refractivity contribution in [1.29, 1.82) is 0 Å². The average molecular weight is 340 g/mol. The number of thioether (sulfide) groups is 1. The fraction of sp³-hybridized carbons (Fsp3) is 0.944. The van der Waals surface area contributed by atoms with Crippen molar-refractivity contribution in [3.05, 3.63) is 0 Å². The number of hydrogen-bond acceptors (Lipinski definition) is 3. The SMILES string of the molecule is CC1CCC(NC(=O)NCC2(N3CCSCC3)CCCC2)CC1. The summed E-state index contributed by atoms with van der Waals surface area (Å²) in [4.78, 5) is 15.0. The Morgan fingerprint density at radius 1 is 1.13 bits per heavy atom. The van der Waals surface area contributed by atoms with E-state index in [9.17, 15) is 4.79 Å². The molecule has 0 aromatic heterocycles. The summed E-state index contributed by atoms with van der Waals surface area (Å²) >= 11 is 2.06. The molecule has 3 aliphatic rings. The van der Waals surface area contributed by atoms with Crippen molar-refractivity contribution in [2.75, 3.05) is 31.1 Å². The Morgan fingerprint density at radius 3 is 2.43 bits per heavy atom. The fourth-order valence-electron chi connectivity index (χ4n) is 4.56. The van der Waals surface area contributed by atoms with Crippen LogP contribution in [0, 0.1) is 5.92 Å². The summed E-state index contributed by atoms with van der Waals surface area (Å²) in [5.41, 5.74) is 0.236. The molecule has 1 heterocycles. The largest absolute Gasteiger partial charge is 0.336 e.